The van der Waals surface area contributed by atoms with E-state index in [4.69, 9.17) is 25.4 Å². The normalized spacial score (nSPS) is 39.9. The molecule has 0 aromatic rings. The van der Waals surface area contributed by atoms with Gasteiger partial charge in [0.2, 0.25) is 0 Å². The predicted molar refractivity (Wildman–Crippen MR) is 53.9 cm³/mol. The molecule has 6 atom stereocenters. The van der Waals surface area contributed by atoms with E-state index in [-0.39, 0.29) is 0 Å². The Balaban J connectivity index is 2.74. The second-order valence-corrected chi connectivity index (χ2v) is 3.90. The number of aliphatic hydroxyl groups is 3. The molecule has 1 aliphatic rings. The van der Waals surface area contributed by atoms with Crippen molar-refractivity contribution in [2.24, 2.45) is 5.73 Å². The third-order valence-corrected chi connectivity index (χ3v) is 2.63. The Kier molecular flexibility index (Phi) is 4.80. The summed E-state index contributed by atoms with van der Waals surface area (Å²) in [5.74, 6) is -1.22. The number of carboxylic acids is 1. The molecule has 1 saturated heterocycles. The number of hydrogen-bond donors (Lipinski definition) is 5. The molecule has 6 N–H and O–H groups in total. The zero-order valence-corrected chi connectivity index (χ0v) is 9.26. The van der Waals surface area contributed by atoms with Gasteiger partial charge >= 0.3 is 5.97 Å². The van der Waals surface area contributed by atoms with Crippen LogP contribution in [0.3, 0.4) is 0 Å². The first-order chi connectivity index (χ1) is 7.88. The summed E-state index contributed by atoms with van der Waals surface area (Å²) >= 11 is 0. The summed E-state index contributed by atoms with van der Waals surface area (Å²) in [6.07, 6.45) is -6.11. The molecule has 0 aromatic heterocycles. The van der Waals surface area contributed by atoms with Gasteiger partial charge in [-0.3, -0.25) is 0 Å². The number of aliphatic carboxylic acids is 1. The van der Waals surface area contributed by atoms with Crippen molar-refractivity contribution in [2.45, 2.75) is 43.7 Å². The molecule has 1 aliphatic heterocycles. The van der Waals surface area contributed by atoms with Gasteiger partial charge in [-0.15, -0.1) is 0 Å². The molecule has 8 nitrogen and oxygen atoms in total. The van der Waals surface area contributed by atoms with E-state index in [1.807, 2.05) is 0 Å². The van der Waals surface area contributed by atoms with Gasteiger partial charge in [-0.25, -0.2) is 4.79 Å². The number of nitrogens with two attached hydrogens (primary N) is 1. The molecular formula is C9H17NO7. The van der Waals surface area contributed by atoms with Gasteiger partial charge < -0.3 is 35.6 Å². The maximum atomic E-state index is 10.6. The lowest BCUT2D eigenvalue weighted by molar-refractivity contribution is -0.262. The van der Waals surface area contributed by atoms with E-state index in [0.717, 1.165) is 0 Å². The fourth-order valence-corrected chi connectivity index (χ4v) is 1.57. The van der Waals surface area contributed by atoms with Gasteiger partial charge in [-0.2, -0.15) is 0 Å². The molecular weight excluding hydrogens is 234 g/mol. The number of ether oxygens (including phenoxy) is 2. The molecule has 1 fully saturated rings. The summed E-state index contributed by atoms with van der Waals surface area (Å²) in [6, 6.07) is -1.09. The average Bonchev–Trinajstić information content (AvgIpc) is 2.28. The van der Waals surface area contributed by atoms with E-state index in [9.17, 15) is 15.0 Å². The van der Waals surface area contributed by atoms with Crippen LogP contribution in [0, 0.1) is 0 Å². The van der Waals surface area contributed by atoms with Gasteiger partial charge in [-0.1, -0.05) is 0 Å². The van der Waals surface area contributed by atoms with E-state index in [1.165, 1.54) is 6.92 Å². The van der Waals surface area contributed by atoms with Crippen LogP contribution in [0.5, 0.6) is 0 Å². The number of hydrogen-bond acceptors (Lipinski definition) is 7. The first kappa shape index (κ1) is 14.3. The highest BCUT2D eigenvalue weighted by atomic mass is 16.6. The average molecular weight is 251 g/mol. The molecule has 0 aliphatic carbocycles. The second-order valence-electron chi connectivity index (χ2n) is 3.90. The van der Waals surface area contributed by atoms with Crippen LogP contribution in [0.25, 0.3) is 0 Å². The van der Waals surface area contributed by atoms with E-state index >= 15 is 0 Å². The number of rotatable bonds is 4. The molecule has 17 heavy (non-hydrogen) atoms. The van der Waals surface area contributed by atoms with Gasteiger partial charge in [0.05, 0.1) is 12.6 Å². The van der Waals surface area contributed by atoms with Crippen molar-refractivity contribution in [1.29, 1.82) is 0 Å². The molecule has 1 heterocycles. The van der Waals surface area contributed by atoms with Crippen LogP contribution in [-0.2, 0) is 14.3 Å². The minimum Gasteiger partial charge on any atom is -0.479 e. The summed E-state index contributed by atoms with van der Waals surface area (Å²) in [5, 5.41) is 36.8. The molecule has 0 amide bonds. The minimum atomic E-state index is -1.43. The monoisotopic (exact) mass is 251 g/mol. The highest BCUT2D eigenvalue weighted by Gasteiger charge is 2.44. The van der Waals surface area contributed by atoms with Crippen LogP contribution in [0.2, 0.25) is 0 Å². The van der Waals surface area contributed by atoms with E-state index in [1.54, 1.807) is 0 Å². The SMILES string of the molecule is C[C@@H](O[C@@H]1[C@@H](N)[C@@H](O)O[C@H](CO)[C@@H]1O)C(=O)O. The Morgan fingerprint density at radius 2 is 2.12 bits per heavy atom. The predicted octanol–water partition coefficient (Wildman–Crippen LogP) is -2.76. The van der Waals surface area contributed by atoms with Crippen LogP contribution >= 0.6 is 0 Å². The Morgan fingerprint density at radius 1 is 1.53 bits per heavy atom. The number of carbonyl (C=O) groups is 1. The van der Waals surface area contributed by atoms with E-state index < -0.39 is 49.3 Å². The third-order valence-electron chi connectivity index (χ3n) is 2.63. The van der Waals surface area contributed by atoms with E-state index in [2.05, 4.69) is 0 Å². The Bertz CT molecular complexity index is 274. The van der Waals surface area contributed by atoms with Crippen molar-refractivity contribution in [3.63, 3.8) is 0 Å². The van der Waals surface area contributed by atoms with Crippen molar-refractivity contribution in [1.82, 2.24) is 0 Å². The van der Waals surface area contributed by atoms with Crippen molar-refractivity contribution in [2.75, 3.05) is 6.61 Å². The third kappa shape index (κ3) is 3.12. The first-order valence-corrected chi connectivity index (χ1v) is 5.14. The van der Waals surface area contributed by atoms with Gasteiger partial charge in [0.1, 0.15) is 18.3 Å². The van der Waals surface area contributed by atoms with E-state index in [0.29, 0.717) is 0 Å². The Hall–Kier alpha value is -0.770. The van der Waals surface area contributed by atoms with Gasteiger partial charge in [0.25, 0.3) is 0 Å². The highest BCUT2D eigenvalue weighted by Crippen LogP contribution is 2.22. The van der Waals surface area contributed by atoms with Gasteiger partial charge in [0.15, 0.2) is 12.4 Å². The molecule has 0 unspecified atom stereocenters. The lowest BCUT2D eigenvalue weighted by atomic mass is 9.97. The summed E-state index contributed by atoms with van der Waals surface area (Å²) in [7, 11) is 0. The molecule has 0 aromatic carbocycles. The summed E-state index contributed by atoms with van der Waals surface area (Å²) < 4.78 is 9.89. The van der Waals surface area contributed by atoms with Crippen molar-refractivity contribution >= 4 is 5.97 Å². The topological polar surface area (TPSA) is 142 Å². The second kappa shape index (κ2) is 5.71. The van der Waals surface area contributed by atoms with Crippen LogP contribution < -0.4 is 5.73 Å². The van der Waals surface area contributed by atoms with Crippen LogP contribution in [-0.4, -0.2) is 69.8 Å². The molecule has 0 spiro atoms. The summed E-state index contributed by atoms with van der Waals surface area (Å²) in [4.78, 5) is 10.6. The van der Waals surface area contributed by atoms with Crippen LogP contribution in [0.4, 0.5) is 0 Å². The maximum Gasteiger partial charge on any atom is 0.332 e. The van der Waals surface area contributed by atoms with Gasteiger partial charge in [-0.05, 0) is 6.92 Å². The minimum absolute atomic E-state index is 0.535. The largest absolute Gasteiger partial charge is 0.479 e. The summed E-state index contributed by atoms with van der Waals surface area (Å²) in [5.41, 5.74) is 5.54. The van der Waals surface area contributed by atoms with Crippen LogP contribution in [0.15, 0.2) is 0 Å². The first-order valence-electron chi connectivity index (χ1n) is 5.14. The zero-order valence-electron chi connectivity index (χ0n) is 9.26. The summed E-state index contributed by atoms with van der Waals surface area (Å²) in [6.45, 7) is 0.740. The van der Waals surface area contributed by atoms with Crippen molar-refractivity contribution in [3.8, 4) is 0 Å². The lowest BCUT2D eigenvalue weighted by Crippen LogP contribution is -2.63. The zero-order chi connectivity index (χ0) is 13.2. The quantitative estimate of drug-likeness (QED) is 0.361. The number of carboxylic acid groups (broad SMARTS) is 1. The molecule has 8 heteroatoms. The maximum absolute atomic E-state index is 10.6. The van der Waals surface area contributed by atoms with Crippen molar-refractivity contribution < 1.29 is 34.7 Å². The van der Waals surface area contributed by atoms with Crippen LogP contribution in [0.1, 0.15) is 6.92 Å². The fourth-order valence-electron chi connectivity index (χ4n) is 1.57. The highest BCUT2D eigenvalue weighted by molar-refractivity contribution is 5.71. The Labute approximate surface area is 97.6 Å². The fraction of sp³-hybridized carbons (Fsp3) is 0.889. The smallest absolute Gasteiger partial charge is 0.332 e. The lowest BCUT2D eigenvalue weighted by Gasteiger charge is -2.41. The molecule has 0 saturated carbocycles. The number of aliphatic hydroxyl groups excluding tert-OH is 3. The molecule has 0 bridgehead atoms. The Morgan fingerprint density at radius 3 is 2.59 bits per heavy atom. The molecule has 100 valence electrons. The standard InChI is InChI=1S/C9H17NO7/c1-3(8(13)14)16-7-5(10)9(15)17-4(2-11)6(7)12/h3-7,9,11-12,15H,2,10H2,1H3,(H,13,14)/t3-,4-,5-,6+,7-,9+/m1/s1. The molecule has 1 rings (SSSR count). The molecule has 0 radical (unpaired) electrons. The van der Waals surface area contributed by atoms with Crippen molar-refractivity contribution in [3.05, 3.63) is 0 Å². The van der Waals surface area contributed by atoms with Gasteiger partial charge in [0, 0.05) is 0 Å².